The normalized spacial score (nSPS) is 11.9. The molecule has 0 unspecified atom stereocenters. The Morgan fingerprint density at radius 2 is 1.92 bits per heavy atom. The van der Waals surface area contributed by atoms with Crippen LogP contribution in [0.2, 0.25) is 0 Å². The number of benzene rings is 2. The summed E-state index contributed by atoms with van der Waals surface area (Å²) >= 11 is 0. The smallest absolute Gasteiger partial charge is 0.269 e. The highest BCUT2D eigenvalue weighted by atomic mass is 16.3. The number of aromatic amines is 1. The van der Waals surface area contributed by atoms with Gasteiger partial charge in [0.2, 0.25) is 0 Å². The molecular formula is C20H21N3O3. The molecule has 1 aromatic heterocycles. The fourth-order valence-electron chi connectivity index (χ4n) is 2.75. The van der Waals surface area contributed by atoms with Crippen molar-refractivity contribution >= 4 is 5.91 Å². The van der Waals surface area contributed by atoms with Crippen LogP contribution < -0.4 is 5.32 Å². The summed E-state index contributed by atoms with van der Waals surface area (Å²) in [5, 5.41) is 29.0. The number of aromatic nitrogens is 2. The summed E-state index contributed by atoms with van der Waals surface area (Å²) < 4.78 is 0. The molecule has 0 spiro atoms. The molecule has 3 rings (SSSR count). The number of nitrogens with zero attached hydrogens (tertiary/aromatic N) is 1. The minimum absolute atomic E-state index is 0.0368. The first-order chi connectivity index (χ1) is 12.6. The van der Waals surface area contributed by atoms with E-state index in [1.54, 1.807) is 30.3 Å². The number of para-hydroxylation sites is 1. The highest BCUT2D eigenvalue weighted by Gasteiger charge is 2.18. The molecule has 6 nitrogen and oxygen atoms in total. The molecule has 6 heteroatoms. The lowest BCUT2D eigenvalue weighted by molar-refractivity contribution is 0.0925. The Balaban J connectivity index is 1.78. The Labute approximate surface area is 151 Å². The number of hydrogen-bond donors (Lipinski definition) is 4. The van der Waals surface area contributed by atoms with Gasteiger partial charge in [0.1, 0.15) is 11.4 Å². The van der Waals surface area contributed by atoms with Gasteiger partial charge in [-0.15, -0.1) is 0 Å². The predicted molar refractivity (Wildman–Crippen MR) is 98.8 cm³/mol. The maximum Gasteiger partial charge on any atom is 0.269 e. The summed E-state index contributed by atoms with van der Waals surface area (Å²) in [6, 6.07) is 15.9. The third-order valence-electron chi connectivity index (χ3n) is 4.21. The maximum absolute atomic E-state index is 12.6. The molecule has 4 N–H and O–H groups in total. The molecule has 26 heavy (non-hydrogen) atoms. The van der Waals surface area contributed by atoms with Gasteiger partial charge in [-0.25, -0.2) is 0 Å². The van der Waals surface area contributed by atoms with E-state index in [2.05, 4.69) is 15.5 Å². The predicted octanol–water partition coefficient (Wildman–Crippen LogP) is 2.94. The van der Waals surface area contributed by atoms with Crippen LogP contribution in [0.5, 0.6) is 5.75 Å². The number of nitrogens with one attached hydrogen (secondary N) is 2. The summed E-state index contributed by atoms with van der Waals surface area (Å²) in [4.78, 5) is 12.6. The van der Waals surface area contributed by atoms with Gasteiger partial charge in [0.25, 0.3) is 5.91 Å². The number of amides is 1. The molecule has 1 heterocycles. The number of H-pyrrole nitrogens is 1. The SMILES string of the molecule is Cc1ccc([C@@H](CCO)NC(=O)c2cc(-c3ccccc3O)n[nH]2)cc1. The van der Waals surface area contributed by atoms with Crippen LogP contribution in [0.15, 0.2) is 54.6 Å². The zero-order valence-corrected chi connectivity index (χ0v) is 14.4. The number of aromatic hydroxyl groups is 1. The fraction of sp³-hybridized carbons (Fsp3) is 0.200. The Morgan fingerprint density at radius 1 is 1.19 bits per heavy atom. The molecule has 0 saturated heterocycles. The molecule has 0 aliphatic carbocycles. The lowest BCUT2D eigenvalue weighted by Gasteiger charge is -2.18. The molecule has 2 aromatic carbocycles. The molecule has 1 atom stereocenters. The number of carbonyl (C=O) groups is 1. The minimum atomic E-state index is -0.321. The Bertz CT molecular complexity index is 887. The lowest BCUT2D eigenvalue weighted by atomic mass is 10.0. The van der Waals surface area contributed by atoms with Crippen LogP contribution >= 0.6 is 0 Å². The van der Waals surface area contributed by atoms with E-state index < -0.39 is 0 Å². The minimum Gasteiger partial charge on any atom is -0.507 e. The Kier molecular flexibility index (Phi) is 5.34. The second-order valence-electron chi connectivity index (χ2n) is 6.13. The van der Waals surface area contributed by atoms with Crippen molar-refractivity contribution in [1.29, 1.82) is 0 Å². The topological polar surface area (TPSA) is 98.2 Å². The molecule has 134 valence electrons. The molecule has 1 amide bonds. The van der Waals surface area contributed by atoms with Crippen LogP contribution in [0.25, 0.3) is 11.3 Å². The van der Waals surface area contributed by atoms with Gasteiger partial charge < -0.3 is 15.5 Å². The first-order valence-electron chi connectivity index (χ1n) is 8.40. The van der Waals surface area contributed by atoms with Gasteiger partial charge in [-0.2, -0.15) is 5.10 Å². The number of aliphatic hydroxyl groups is 1. The van der Waals surface area contributed by atoms with Crippen LogP contribution in [0.1, 0.15) is 34.1 Å². The standard InChI is InChI=1S/C20H21N3O3/c1-13-6-8-14(9-7-13)16(10-11-24)21-20(26)18-12-17(22-23-18)15-4-2-3-5-19(15)25/h2-9,12,16,24-25H,10-11H2,1H3,(H,21,26)(H,22,23)/t16-/m1/s1. The third kappa shape index (κ3) is 3.92. The van der Waals surface area contributed by atoms with Crippen molar-refractivity contribution in [1.82, 2.24) is 15.5 Å². The number of aryl methyl sites for hydroxylation is 1. The van der Waals surface area contributed by atoms with E-state index in [9.17, 15) is 15.0 Å². The summed E-state index contributed by atoms with van der Waals surface area (Å²) in [5.74, 6) is -0.220. The van der Waals surface area contributed by atoms with E-state index >= 15 is 0 Å². The molecule has 0 aliphatic heterocycles. The van der Waals surface area contributed by atoms with Crippen molar-refractivity contribution in [3.8, 4) is 17.0 Å². The van der Waals surface area contributed by atoms with E-state index in [0.717, 1.165) is 11.1 Å². The van der Waals surface area contributed by atoms with Gasteiger partial charge >= 0.3 is 0 Å². The van der Waals surface area contributed by atoms with Crippen molar-refractivity contribution in [2.24, 2.45) is 0 Å². The van der Waals surface area contributed by atoms with Gasteiger partial charge in [-0.05, 0) is 37.1 Å². The van der Waals surface area contributed by atoms with E-state index in [-0.39, 0.29) is 24.3 Å². The first kappa shape index (κ1) is 17.7. The van der Waals surface area contributed by atoms with Gasteiger partial charge in [-0.1, -0.05) is 42.0 Å². The van der Waals surface area contributed by atoms with Gasteiger partial charge in [0.05, 0.1) is 11.7 Å². The average molecular weight is 351 g/mol. The molecule has 0 radical (unpaired) electrons. The van der Waals surface area contributed by atoms with Crippen molar-refractivity contribution in [2.45, 2.75) is 19.4 Å². The number of aliphatic hydroxyl groups excluding tert-OH is 1. The molecule has 0 bridgehead atoms. The number of rotatable bonds is 6. The Morgan fingerprint density at radius 3 is 2.62 bits per heavy atom. The number of phenolic OH excluding ortho intramolecular Hbond substituents is 1. The van der Waals surface area contributed by atoms with Crippen LogP contribution in [0, 0.1) is 6.92 Å². The van der Waals surface area contributed by atoms with E-state index in [1.165, 1.54) is 0 Å². The lowest BCUT2D eigenvalue weighted by Crippen LogP contribution is -2.29. The van der Waals surface area contributed by atoms with E-state index in [4.69, 9.17) is 0 Å². The second-order valence-corrected chi connectivity index (χ2v) is 6.13. The largest absolute Gasteiger partial charge is 0.507 e. The van der Waals surface area contributed by atoms with Crippen LogP contribution in [0.3, 0.4) is 0 Å². The Hall–Kier alpha value is -3.12. The van der Waals surface area contributed by atoms with Crippen LogP contribution in [-0.2, 0) is 0 Å². The monoisotopic (exact) mass is 351 g/mol. The van der Waals surface area contributed by atoms with Crippen molar-refractivity contribution in [3.05, 3.63) is 71.4 Å². The summed E-state index contributed by atoms with van der Waals surface area (Å²) in [5.41, 5.74) is 3.39. The third-order valence-corrected chi connectivity index (χ3v) is 4.21. The summed E-state index contributed by atoms with van der Waals surface area (Å²) in [6.45, 7) is 1.96. The molecule has 0 saturated carbocycles. The molecule has 0 fully saturated rings. The van der Waals surface area contributed by atoms with Crippen LogP contribution in [-0.4, -0.2) is 32.9 Å². The number of hydrogen-bond acceptors (Lipinski definition) is 4. The molecular weight excluding hydrogens is 330 g/mol. The molecule has 0 aliphatic rings. The quantitative estimate of drug-likeness (QED) is 0.549. The average Bonchev–Trinajstić information content (AvgIpc) is 3.12. The number of phenols is 1. The summed E-state index contributed by atoms with van der Waals surface area (Å²) in [7, 11) is 0. The highest BCUT2D eigenvalue weighted by molar-refractivity contribution is 5.93. The van der Waals surface area contributed by atoms with Gasteiger partial charge in [0, 0.05) is 12.2 Å². The van der Waals surface area contributed by atoms with Crippen LogP contribution in [0.4, 0.5) is 0 Å². The zero-order valence-electron chi connectivity index (χ0n) is 14.4. The molecule has 3 aromatic rings. The highest BCUT2D eigenvalue weighted by Crippen LogP contribution is 2.27. The van der Waals surface area contributed by atoms with E-state index in [1.807, 2.05) is 31.2 Å². The zero-order chi connectivity index (χ0) is 18.5. The van der Waals surface area contributed by atoms with E-state index in [0.29, 0.717) is 23.4 Å². The first-order valence-corrected chi connectivity index (χ1v) is 8.40. The van der Waals surface area contributed by atoms with Crippen molar-refractivity contribution < 1.29 is 15.0 Å². The number of carbonyl (C=O) groups excluding carboxylic acids is 1. The fourth-order valence-corrected chi connectivity index (χ4v) is 2.75. The van der Waals surface area contributed by atoms with Crippen molar-refractivity contribution in [2.75, 3.05) is 6.61 Å². The second kappa shape index (κ2) is 7.84. The summed E-state index contributed by atoms with van der Waals surface area (Å²) in [6.07, 6.45) is 0.412. The van der Waals surface area contributed by atoms with Crippen molar-refractivity contribution in [3.63, 3.8) is 0 Å². The van der Waals surface area contributed by atoms with Gasteiger partial charge in [-0.3, -0.25) is 9.89 Å². The van der Waals surface area contributed by atoms with Gasteiger partial charge in [0.15, 0.2) is 0 Å². The maximum atomic E-state index is 12.6.